The molecule has 1 atom stereocenters. The summed E-state index contributed by atoms with van der Waals surface area (Å²) in [5, 5.41) is 3.78. The van der Waals surface area contributed by atoms with Crippen LogP contribution in [0.4, 0.5) is 0 Å². The Morgan fingerprint density at radius 1 is 1.14 bits per heavy atom. The summed E-state index contributed by atoms with van der Waals surface area (Å²) in [4.78, 5) is 2.62. The molecule has 0 aromatic heterocycles. The second-order valence-corrected chi connectivity index (χ2v) is 7.07. The Hall–Kier alpha value is -0.860. The third-order valence-electron chi connectivity index (χ3n) is 4.60. The van der Waals surface area contributed by atoms with Crippen LogP contribution < -0.4 is 5.32 Å². The molecular formula is C19H32N2. The summed E-state index contributed by atoms with van der Waals surface area (Å²) < 4.78 is 0. The Morgan fingerprint density at radius 3 is 2.43 bits per heavy atom. The van der Waals surface area contributed by atoms with Gasteiger partial charge in [-0.15, -0.1) is 0 Å². The van der Waals surface area contributed by atoms with Gasteiger partial charge in [0.05, 0.1) is 0 Å². The van der Waals surface area contributed by atoms with Gasteiger partial charge in [0.1, 0.15) is 0 Å². The average molecular weight is 288 g/mol. The van der Waals surface area contributed by atoms with Gasteiger partial charge in [-0.25, -0.2) is 0 Å². The zero-order valence-corrected chi connectivity index (χ0v) is 14.0. The van der Waals surface area contributed by atoms with E-state index in [1.54, 1.807) is 0 Å². The van der Waals surface area contributed by atoms with Crippen LogP contribution in [0, 0.1) is 11.8 Å². The van der Waals surface area contributed by atoms with E-state index in [1.807, 2.05) is 0 Å². The number of benzene rings is 1. The summed E-state index contributed by atoms with van der Waals surface area (Å²) >= 11 is 0. The molecule has 0 saturated carbocycles. The Morgan fingerprint density at radius 2 is 1.81 bits per heavy atom. The van der Waals surface area contributed by atoms with E-state index in [9.17, 15) is 0 Å². The molecule has 0 amide bonds. The second kappa shape index (κ2) is 8.55. The fraction of sp³-hybridized carbons (Fsp3) is 0.684. The quantitative estimate of drug-likeness (QED) is 0.813. The van der Waals surface area contributed by atoms with Gasteiger partial charge in [0.15, 0.2) is 0 Å². The van der Waals surface area contributed by atoms with Gasteiger partial charge >= 0.3 is 0 Å². The first-order valence-corrected chi connectivity index (χ1v) is 8.66. The van der Waals surface area contributed by atoms with Crippen LogP contribution in [0.2, 0.25) is 0 Å². The molecule has 0 bridgehead atoms. The first kappa shape index (κ1) is 16.5. The number of hydrogen-bond donors (Lipinski definition) is 1. The van der Waals surface area contributed by atoms with E-state index in [2.05, 4.69) is 61.3 Å². The summed E-state index contributed by atoms with van der Waals surface area (Å²) in [6, 6.07) is 11.4. The maximum atomic E-state index is 3.78. The maximum absolute atomic E-state index is 3.78. The lowest BCUT2D eigenvalue weighted by Gasteiger charge is -2.31. The summed E-state index contributed by atoms with van der Waals surface area (Å²) in [5.74, 6) is 1.64. The topological polar surface area (TPSA) is 15.3 Å². The van der Waals surface area contributed by atoms with Crippen molar-refractivity contribution in [2.75, 3.05) is 26.2 Å². The largest absolute Gasteiger partial charge is 0.309 e. The molecule has 1 aromatic rings. The van der Waals surface area contributed by atoms with E-state index in [-0.39, 0.29) is 0 Å². The van der Waals surface area contributed by atoms with Gasteiger partial charge in [-0.1, -0.05) is 51.1 Å². The molecular weight excluding hydrogens is 256 g/mol. The summed E-state index contributed by atoms with van der Waals surface area (Å²) in [6.07, 6.45) is 3.95. The van der Waals surface area contributed by atoms with Gasteiger partial charge in [-0.2, -0.15) is 0 Å². The molecule has 2 nitrogen and oxygen atoms in total. The molecule has 1 saturated heterocycles. The Balaban J connectivity index is 1.79. The second-order valence-electron chi connectivity index (χ2n) is 7.07. The fourth-order valence-corrected chi connectivity index (χ4v) is 3.18. The zero-order chi connectivity index (χ0) is 15.1. The van der Waals surface area contributed by atoms with Crippen LogP contribution in [0.15, 0.2) is 30.3 Å². The highest BCUT2D eigenvalue weighted by atomic mass is 15.1. The minimum absolute atomic E-state index is 0.495. The van der Waals surface area contributed by atoms with Crippen molar-refractivity contribution >= 4 is 0 Å². The minimum Gasteiger partial charge on any atom is -0.309 e. The van der Waals surface area contributed by atoms with E-state index >= 15 is 0 Å². The highest BCUT2D eigenvalue weighted by Gasteiger charge is 2.16. The van der Waals surface area contributed by atoms with Crippen LogP contribution in [-0.4, -0.2) is 31.1 Å². The predicted molar refractivity (Wildman–Crippen MR) is 91.5 cm³/mol. The van der Waals surface area contributed by atoms with Crippen LogP contribution in [-0.2, 0) is 0 Å². The van der Waals surface area contributed by atoms with Crippen molar-refractivity contribution in [1.82, 2.24) is 10.2 Å². The lowest BCUT2D eigenvalue weighted by atomic mass is 9.97. The predicted octanol–water partition coefficient (Wildman–Crippen LogP) is 4.10. The number of rotatable bonds is 7. The zero-order valence-electron chi connectivity index (χ0n) is 14.0. The lowest BCUT2D eigenvalue weighted by molar-refractivity contribution is 0.190. The number of piperidine rings is 1. The number of nitrogens with zero attached hydrogens (tertiary/aromatic N) is 1. The number of nitrogens with one attached hydrogen (secondary N) is 1. The molecule has 1 aromatic carbocycles. The van der Waals surface area contributed by atoms with E-state index < -0.39 is 0 Å². The van der Waals surface area contributed by atoms with E-state index in [0.717, 1.165) is 18.4 Å². The summed E-state index contributed by atoms with van der Waals surface area (Å²) in [6.45, 7) is 11.8. The monoisotopic (exact) mass is 288 g/mol. The van der Waals surface area contributed by atoms with Gasteiger partial charge < -0.3 is 10.2 Å². The van der Waals surface area contributed by atoms with Crippen molar-refractivity contribution in [3.8, 4) is 0 Å². The summed E-state index contributed by atoms with van der Waals surface area (Å²) in [5.41, 5.74) is 1.43. The van der Waals surface area contributed by atoms with Crippen LogP contribution >= 0.6 is 0 Å². The van der Waals surface area contributed by atoms with Gasteiger partial charge in [0, 0.05) is 19.1 Å². The molecule has 1 aliphatic rings. The Labute approximate surface area is 130 Å². The molecule has 21 heavy (non-hydrogen) atoms. The third kappa shape index (κ3) is 5.80. The molecule has 118 valence electrons. The first-order valence-electron chi connectivity index (χ1n) is 8.66. The number of likely N-dealkylation sites (tertiary alicyclic amines) is 1. The van der Waals surface area contributed by atoms with Gasteiger partial charge in [0.25, 0.3) is 0 Å². The molecule has 1 N–H and O–H groups in total. The molecule has 1 aliphatic heterocycles. The number of hydrogen-bond acceptors (Lipinski definition) is 2. The lowest BCUT2D eigenvalue weighted by Crippen LogP contribution is -2.38. The van der Waals surface area contributed by atoms with Crippen LogP contribution in [0.25, 0.3) is 0 Å². The molecule has 0 spiro atoms. The summed E-state index contributed by atoms with van der Waals surface area (Å²) in [7, 11) is 0. The van der Waals surface area contributed by atoms with Crippen molar-refractivity contribution < 1.29 is 0 Å². The van der Waals surface area contributed by atoms with E-state index in [0.29, 0.717) is 6.04 Å². The molecule has 0 aliphatic carbocycles. The van der Waals surface area contributed by atoms with Gasteiger partial charge in [-0.05, 0) is 49.8 Å². The highest BCUT2D eigenvalue weighted by molar-refractivity contribution is 5.18. The van der Waals surface area contributed by atoms with Crippen molar-refractivity contribution in [2.45, 2.75) is 46.1 Å². The fourth-order valence-electron chi connectivity index (χ4n) is 3.18. The van der Waals surface area contributed by atoms with Crippen molar-refractivity contribution in [2.24, 2.45) is 11.8 Å². The van der Waals surface area contributed by atoms with Crippen molar-refractivity contribution in [1.29, 1.82) is 0 Å². The van der Waals surface area contributed by atoms with Gasteiger partial charge in [0.2, 0.25) is 0 Å². The highest BCUT2D eigenvalue weighted by Crippen LogP contribution is 2.21. The van der Waals surface area contributed by atoms with Gasteiger partial charge in [-0.3, -0.25) is 0 Å². The smallest absolute Gasteiger partial charge is 0.0323 e. The first-order chi connectivity index (χ1) is 10.1. The molecule has 1 fully saturated rings. The molecule has 1 unspecified atom stereocenters. The third-order valence-corrected chi connectivity index (χ3v) is 4.60. The van der Waals surface area contributed by atoms with E-state index in [1.165, 1.54) is 44.5 Å². The van der Waals surface area contributed by atoms with Crippen molar-refractivity contribution in [3.05, 3.63) is 35.9 Å². The molecule has 0 radical (unpaired) electrons. The normalized spacial score (nSPS) is 19.0. The molecule has 2 rings (SSSR count). The molecule has 2 heteroatoms. The maximum Gasteiger partial charge on any atom is 0.0323 e. The molecule has 1 heterocycles. The Kier molecular flexibility index (Phi) is 6.72. The SMILES string of the molecule is CC(C)CC(NCCN1CCC(C)CC1)c1ccccc1. The van der Waals surface area contributed by atoms with E-state index in [4.69, 9.17) is 0 Å². The average Bonchev–Trinajstić information content (AvgIpc) is 2.49. The van der Waals surface area contributed by atoms with Crippen LogP contribution in [0.5, 0.6) is 0 Å². The standard InChI is InChI=1S/C19H32N2/c1-16(2)15-19(18-7-5-4-6-8-18)20-11-14-21-12-9-17(3)10-13-21/h4-8,16-17,19-20H,9-15H2,1-3H3. The van der Waals surface area contributed by atoms with Crippen molar-refractivity contribution in [3.63, 3.8) is 0 Å². The van der Waals surface area contributed by atoms with Crippen LogP contribution in [0.3, 0.4) is 0 Å². The minimum atomic E-state index is 0.495. The van der Waals surface area contributed by atoms with Crippen LogP contribution in [0.1, 0.15) is 51.6 Å². The Bertz CT molecular complexity index is 380.